The van der Waals surface area contributed by atoms with E-state index in [9.17, 15) is 4.79 Å². The lowest BCUT2D eigenvalue weighted by Crippen LogP contribution is -2.59. The van der Waals surface area contributed by atoms with Crippen LogP contribution in [0.4, 0.5) is 22.4 Å². The quantitative estimate of drug-likeness (QED) is 0.626. The molecule has 1 spiro atoms. The van der Waals surface area contributed by atoms with Gasteiger partial charge in [0.15, 0.2) is 5.82 Å². The molecular weight excluding hydrogens is 358 g/mol. The number of nitrogens with zero attached hydrogens (tertiary/aromatic N) is 4. The van der Waals surface area contributed by atoms with Crippen LogP contribution in [-0.2, 0) is 0 Å². The Morgan fingerprint density at radius 3 is 2.71 bits per heavy atom. The standard InChI is InChI=1S/C19H25N7O2/c27-18(28)26-10-19(11-26)6-3-13(4-7-19)21-17-20-8-5-15(23-17)22-16-9-14(24-25-16)12-1-2-12/h5,8-9,12-13H,1-4,6-7,10-11H2,(H,27,28)(H3,20,21,22,23,24,25). The van der Waals surface area contributed by atoms with Gasteiger partial charge >= 0.3 is 6.09 Å². The second-order valence-electron chi connectivity index (χ2n) is 8.43. The summed E-state index contributed by atoms with van der Waals surface area (Å²) < 4.78 is 0. The fraction of sp³-hybridized carbons (Fsp3) is 0.579. The van der Waals surface area contributed by atoms with Crippen molar-refractivity contribution in [1.82, 2.24) is 25.1 Å². The van der Waals surface area contributed by atoms with E-state index in [-0.39, 0.29) is 5.41 Å². The zero-order valence-corrected chi connectivity index (χ0v) is 15.7. The zero-order valence-electron chi connectivity index (χ0n) is 15.7. The predicted octanol–water partition coefficient (Wildman–Crippen LogP) is 3.16. The van der Waals surface area contributed by atoms with Crippen molar-refractivity contribution in [3.63, 3.8) is 0 Å². The number of rotatable bonds is 5. The summed E-state index contributed by atoms with van der Waals surface area (Å²) in [6.07, 6.45) is 7.53. The van der Waals surface area contributed by atoms with Gasteiger partial charge in [0.25, 0.3) is 0 Å². The molecular formula is C19H25N7O2. The smallest absolute Gasteiger partial charge is 0.407 e. The monoisotopic (exact) mass is 383 g/mol. The molecule has 9 nitrogen and oxygen atoms in total. The molecule has 1 amide bonds. The van der Waals surface area contributed by atoms with E-state index in [0.717, 1.165) is 37.3 Å². The summed E-state index contributed by atoms with van der Waals surface area (Å²) in [7, 11) is 0. The maximum absolute atomic E-state index is 11.0. The van der Waals surface area contributed by atoms with Crippen molar-refractivity contribution in [2.75, 3.05) is 23.7 Å². The maximum Gasteiger partial charge on any atom is 0.407 e. The lowest BCUT2D eigenvalue weighted by molar-refractivity contribution is -0.0171. The van der Waals surface area contributed by atoms with E-state index >= 15 is 0 Å². The molecule has 2 saturated carbocycles. The van der Waals surface area contributed by atoms with Crippen LogP contribution < -0.4 is 10.6 Å². The SMILES string of the molecule is O=C(O)N1CC2(CCC(Nc3nccc(Nc4cc(C5CC5)[nH]n4)n3)CC2)C1. The molecule has 0 atom stereocenters. The largest absolute Gasteiger partial charge is 0.465 e. The third-order valence-corrected chi connectivity index (χ3v) is 6.23. The molecule has 4 N–H and O–H groups in total. The highest BCUT2D eigenvalue weighted by molar-refractivity contribution is 5.66. The van der Waals surface area contributed by atoms with Gasteiger partial charge in [-0.1, -0.05) is 0 Å². The first-order chi connectivity index (χ1) is 13.6. The number of hydrogen-bond donors (Lipinski definition) is 4. The van der Waals surface area contributed by atoms with Crippen LogP contribution in [-0.4, -0.2) is 55.4 Å². The number of aromatic amines is 1. The van der Waals surface area contributed by atoms with E-state index in [2.05, 4.69) is 30.8 Å². The Bertz CT molecular complexity index is 863. The first-order valence-electron chi connectivity index (χ1n) is 9.98. The van der Waals surface area contributed by atoms with Crippen molar-refractivity contribution < 1.29 is 9.90 Å². The summed E-state index contributed by atoms with van der Waals surface area (Å²) in [4.78, 5) is 21.4. The van der Waals surface area contributed by atoms with Crippen LogP contribution in [0.15, 0.2) is 18.3 Å². The number of H-pyrrole nitrogens is 1. The Balaban J connectivity index is 1.15. The molecule has 3 aliphatic rings. The molecule has 5 rings (SSSR count). The minimum Gasteiger partial charge on any atom is -0.465 e. The van der Waals surface area contributed by atoms with Crippen LogP contribution in [0.2, 0.25) is 0 Å². The first kappa shape index (κ1) is 17.3. The molecule has 3 fully saturated rings. The lowest BCUT2D eigenvalue weighted by atomic mass is 9.67. The van der Waals surface area contributed by atoms with Crippen molar-refractivity contribution in [2.45, 2.75) is 50.5 Å². The summed E-state index contributed by atoms with van der Waals surface area (Å²) >= 11 is 0. The van der Waals surface area contributed by atoms with Crippen LogP contribution in [0, 0.1) is 5.41 Å². The maximum atomic E-state index is 11.0. The predicted molar refractivity (Wildman–Crippen MR) is 104 cm³/mol. The van der Waals surface area contributed by atoms with Gasteiger partial charge < -0.3 is 20.6 Å². The van der Waals surface area contributed by atoms with E-state index in [1.807, 2.05) is 12.1 Å². The number of likely N-dealkylation sites (tertiary alicyclic amines) is 1. The Morgan fingerprint density at radius 2 is 2.00 bits per heavy atom. The van der Waals surface area contributed by atoms with Crippen LogP contribution in [0.5, 0.6) is 0 Å². The van der Waals surface area contributed by atoms with Gasteiger partial charge in [-0.3, -0.25) is 5.10 Å². The second kappa shape index (κ2) is 6.65. The zero-order chi connectivity index (χ0) is 19.1. The molecule has 2 aromatic rings. The number of nitrogens with one attached hydrogen (secondary N) is 3. The minimum absolute atomic E-state index is 0.194. The highest BCUT2D eigenvalue weighted by atomic mass is 16.4. The second-order valence-corrected chi connectivity index (χ2v) is 8.43. The first-order valence-corrected chi connectivity index (χ1v) is 9.98. The van der Waals surface area contributed by atoms with Gasteiger partial charge in [0, 0.05) is 48.4 Å². The van der Waals surface area contributed by atoms with Crippen molar-refractivity contribution in [2.24, 2.45) is 5.41 Å². The lowest BCUT2D eigenvalue weighted by Gasteiger charge is -2.52. The summed E-state index contributed by atoms with van der Waals surface area (Å²) in [6.45, 7) is 1.36. The summed E-state index contributed by atoms with van der Waals surface area (Å²) in [5, 5.41) is 23.1. The highest BCUT2D eigenvalue weighted by Crippen LogP contribution is 2.44. The van der Waals surface area contributed by atoms with Gasteiger partial charge in [-0.2, -0.15) is 10.1 Å². The molecule has 0 radical (unpaired) electrons. The fourth-order valence-corrected chi connectivity index (χ4v) is 4.41. The number of amides is 1. The molecule has 28 heavy (non-hydrogen) atoms. The molecule has 2 aliphatic carbocycles. The van der Waals surface area contributed by atoms with Gasteiger partial charge in [0.2, 0.25) is 5.95 Å². The Morgan fingerprint density at radius 1 is 1.21 bits per heavy atom. The van der Waals surface area contributed by atoms with Crippen molar-refractivity contribution >= 4 is 23.7 Å². The molecule has 148 valence electrons. The number of carboxylic acid groups (broad SMARTS) is 1. The third-order valence-electron chi connectivity index (χ3n) is 6.23. The average Bonchev–Trinajstić information content (AvgIpc) is 3.40. The molecule has 1 saturated heterocycles. The Labute approximate surface area is 163 Å². The van der Waals surface area contributed by atoms with Gasteiger partial charge in [-0.25, -0.2) is 9.78 Å². The van der Waals surface area contributed by atoms with E-state index in [0.29, 0.717) is 31.0 Å². The molecule has 9 heteroatoms. The molecule has 0 unspecified atom stereocenters. The van der Waals surface area contributed by atoms with Crippen LogP contribution in [0.1, 0.15) is 50.1 Å². The van der Waals surface area contributed by atoms with Gasteiger partial charge in [0.05, 0.1) is 0 Å². The number of anilines is 3. The van der Waals surface area contributed by atoms with Gasteiger partial charge in [-0.15, -0.1) is 0 Å². The normalized spacial score (nSPS) is 21.4. The van der Waals surface area contributed by atoms with E-state index in [4.69, 9.17) is 5.11 Å². The van der Waals surface area contributed by atoms with Crippen molar-refractivity contribution in [3.05, 3.63) is 24.0 Å². The summed E-state index contributed by atoms with van der Waals surface area (Å²) in [5.41, 5.74) is 1.38. The van der Waals surface area contributed by atoms with Crippen LogP contribution >= 0.6 is 0 Å². The Kier molecular flexibility index (Phi) is 4.10. The summed E-state index contributed by atoms with van der Waals surface area (Å²) in [5.74, 6) is 2.75. The number of aromatic nitrogens is 4. The van der Waals surface area contributed by atoms with Gasteiger partial charge in [-0.05, 0) is 44.6 Å². The van der Waals surface area contributed by atoms with Crippen LogP contribution in [0.3, 0.4) is 0 Å². The summed E-state index contributed by atoms with van der Waals surface area (Å²) in [6, 6.07) is 4.21. The number of hydrogen-bond acceptors (Lipinski definition) is 6. The fourth-order valence-electron chi connectivity index (χ4n) is 4.41. The average molecular weight is 383 g/mol. The molecule has 0 bridgehead atoms. The minimum atomic E-state index is -0.801. The number of carbonyl (C=O) groups is 1. The van der Waals surface area contributed by atoms with Crippen molar-refractivity contribution in [3.8, 4) is 0 Å². The topological polar surface area (TPSA) is 119 Å². The van der Waals surface area contributed by atoms with E-state index in [1.165, 1.54) is 23.4 Å². The third kappa shape index (κ3) is 3.48. The van der Waals surface area contributed by atoms with E-state index in [1.54, 1.807) is 6.20 Å². The van der Waals surface area contributed by atoms with Crippen molar-refractivity contribution in [1.29, 1.82) is 0 Å². The molecule has 0 aromatic carbocycles. The van der Waals surface area contributed by atoms with Gasteiger partial charge in [0.1, 0.15) is 5.82 Å². The highest BCUT2D eigenvalue weighted by Gasteiger charge is 2.47. The Hall–Kier alpha value is -2.84. The van der Waals surface area contributed by atoms with Crippen LogP contribution in [0.25, 0.3) is 0 Å². The molecule has 1 aliphatic heterocycles. The van der Waals surface area contributed by atoms with E-state index < -0.39 is 6.09 Å². The molecule has 3 heterocycles. The molecule has 2 aromatic heterocycles.